The molecule has 0 spiro atoms. The van der Waals surface area contributed by atoms with E-state index in [-0.39, 0.29) is 0 Å². The number of nitrogens with one attached hydrogen (secondary N) is 1. The van der Waals surface area contributed by atoms with Gasteiger partial charge in [-0.2, -0.15) is 0 Å². The third-order valence-electron chi connectivity index (χ3n) is 2.08. The fraction of sp³-hybridized carbons (Fsp3) is 0.273. The van der Waals surface area contributed by atoms with E-state index in [9.17, 15) is 0 Å². The molecular weight excluding hydrogens is 198 g/mol. The first-order chi connectivity index (χ1) is 6.81. The van der Waals surface area contributed by atoms with Gasteiger partial charge in [0.05, 0.1) is 11.6 Å². The van der Waals surface area contributed by atoms with Crippen LogP contribution in [0.3, 0.4) is 0 Å². The first kappa shape index (κ1) is 9.41. The van der Waals surface area contributed by atoms with Gasteiger partial charge in [-0.05, 0) is 24.6 Å². The van der Waals surface area contributed by atoms with E-state index >= 15 is 0 Å². The van der Waals surface area contributed by atoms with Crippen molar-refractivity contribution in [1.82, 2.24) is 4.98 Å². The third-order valence-corrected chi connectivity index (χ3v) is 2.39. The van der Waals surface area contributed by atoms with Crippen LogP contribution in [-0.4, -0.2) is 11.6 Å². The van der Waals surface area contributed by atoms with Gasteiger partial charge in [0, 0.05) is 17.1 Å². The molecule has 0 radical (unpaired) electrons. The van der Waals surface area contributed by atoms with Gasteiger partial charge in [0.1, 0.15) is 5.75 Å². The number of aromatic amines is 1. The number of benzene rings is 1. The molecule has 0 saturated heterocycles. The third kappa shape index (κ3) is 1.70. The van der Waals surface area contributed by atoms with Crippen molar-refractivity contribution in [3.8, 4) is 5.75 Å². The highest BCUT2D eigenvalue weighted by Gasteiger charge is 2.02. The molecule has 0 saturated carbocycles. The van der Waals surface area contributed by atoms with Crippen LogP contribution in [0.4, 0.5) is 0 Å². The van der Waals surface area contributed by atoms with Gasteiger partial charge >= 0.3 is 0 Å². The van der Waals surface area contributed by atoms with Crippen molar-refractivity contribution < 1.29 is 4.74 Å². The second-order valence-corrected chi connectivity index (χ2v) is 3.60. The molecule has 0 amide bonds. The quantitative estimate of drug-likeness (QED) is 0.821. The summed E-state index contributed by atoms with van der Waals surface area (Å²) in [5.41, 5.74) is 1.04. The number of aromatic nitrogens is 1. The second kappa shape index (κ2) is 3.93. The Morgan fingerprint density at radius 3 is 3.07 bits per heavy atom. The fourth-order valence-corrected chi connectivity index (χ4v) is 1.59. The van der Waals surface area contributed by atoms with Crippen molar-refractivity contribution in [2.75, 3.05) is 6.61 Å². The van der Waals surface area contributed by atoms with Crippen molar-refractivity contribution in [2.24, 2.45) is 0 Å². The van der Waals surface area contributed by atoms with Crippen LogP contribution in [0, 0.1) is 0 Å². The van der Waals surface area contributed by atoms with Crippen LogP contribution >= 0.6 is 11.6 Å². The minimum atomic E-state index is 0.738. The second-order valence-electron chi connectivity index (χ2n) is 3.19. The Balaban J connectivity index is 2.34. The highest BCUT2D eigenvalue weighted by Crippen LogP contribution is 2.26. The minimum Gasteiger partial charge on any atom is -0.494 e. The van der Waals surface area contributed by atoms with Crippen LogP contribution in [0.2, 0.25) is 5.02 Å². The van der Waals surface area contributed by atoms with Gasteiger partial charge in [-0.15, -0.1) is 0 Å². The molecule has 0 fully saturated rings. The van der Waals surface area contributed by atoms with E-state index in [0.29, 0.717) is 0 Å². The number of H-pyrrole nitrogens is 1. The summed E-state index contributed by atoms with van der Waals surface area (Å²) in [7, 11) is 0. The van der Waals surface area contributed by atoms with Gasteiger partial charge < -0.3 is 9.72 Å². The zero-order chi connectivity index (χ0) is 9.97. The molecule has 2 aromatic rings. The van der Waals surface area contributed by atoms with Crippen LogP contribution in [0.25, 0.3) is 10.9 Å². The van der Waals surface area contributed by atoms with Crippen molar-refractivity contribution >= 4 is 22.5 Å². The standard InChI is InChI=1S/C11H12ClNO/c1-2-5-14-8-3-4-11-9(6-8)10(12)7-13-11/h3-4,6-7,13H,2,5H2,1H3. The molecule has 1 N–H and O–H groups in total. The smallest absolute Gasteiger partial charge is 0.120 e. The fourth-order valence-electron chi connectivity index (χ4n) is 1.38. The van der Waals surface area contributed by atoms with Gasteiger partial charge in [0.15, 0.2) is 0 Å². The zero-order valence-corrected chi connectivity index (χ0v) is 8.77. The molecule has 2 rings (SSSR count). The molecule has 1 heterocycles. The Hall–Kier alpha value is -1.15. The number of halogens is 1. The van der Waals surface area contributed by atoms with Crippen LogP contribution in [0.5, 0.6) is 5.75 Å². The Morgan fingerprint density at radius 2 is 2.29 bits per heavy atom. The van der Waals surface area contributed by atoms with E-state index in [2.05, 4.69) is 11.9 Å². The number of hydrogen-bond donors (Lipinski definition) is 1. The van der Waals surface area contributed by atoms with Gasteiger partial charge in [-0.1, -0.05) is 18.5 Å². The molecule has 1 aromatic heterocycles. The number of ether oxygens (including phenoxy) is 1. The van der Waals surface area contributed by atoms with Crippen molar-refractivity contribution in [3.05, 3.63) is 29.4 Å². The summed E-state index contributed by atoms with van der Waals surface area (Å²) in [6, 6.07) is 5.89. The monoisotopic (exact) mass is 209 g/mol. The van der Waals surface area contributed by atoms with Crippen molar-refractivity contribution in [2.45, 2.75) is 13.3 Å². The largest absolute Gasteiger partial charge is 0.494 e. The van der Waals surface area contributed by atoms with E-state index in [4.69, 9.17) is 16.3 Å². The van der Waals surface area contributed by atoms with E-state index in [1.807, 2.05) is 18.2 Å². The van der Waals surface area contributed by atoms with Crippen molar-refractivity contribution in [3.63, 3.8) is 0 Å². The Kier molecular flexibility index (Phi) is 2.64. The average Bonchev–Trinajstić information content (AvgIpc) is 2.57. The molecule has 0 atom stereocenters. The topological polar surface area (TPSA) is 25.0 Å². The summed E-state index contributed by atoms with van der Waals surface area (Å²) in [6.07, 6.45) is 2.80. The average molecular weight is 210 g/mol. The highest BCUT2D eigenvalue weighted by molar-refractivity contribution is 6.35. The minimum absolute atomic E-state index is 0.738. The van der Waals surface area contributed by atoms with E-state index < -0.39 is 0 Å². The maximum absolute atomic E-state index is 5.99. The summed E-state index contributed by atoms with van der Waals surface area (Å²) in [6.45, 7) is 2.83. The first-order valence-electron chi connectivity index (χ1n) is 4.70. The van der Waals surface area contributed by atoms with Gasteiger partial charge in [0.25, 0.3) is 0 Å². The van der Waals surface area contributed by atoms with Gasteiger partial charge in [-0.25, -0.2) is 0 Å². The predicted molar refractivity (Wildman–Crippen MR) is 59.1 cm³/mol. The summed E-state index contributed by atoms with van der Waals surface area (Å²) < 4.78 is 5.52. The van der Waals surface area contributed by atoms with E-state index in [0.717, 1.165) is 34.7 Å². The number of hydrogen-bond acceptors (Lipinski definition) is 1. The molecule has 74 valence electrons. The number of rotatable bonds is 3. The molecule has 14 heavy (non-hydrogen) atoms. The molecule has 0 aliphatic rings. The van der Waals surface area contributed by atoms with Crippen LogP contribution < -0.4 is 4.74 Å². The van der Waals surface area contributed by atoms with Crippen molar-refractivity contribution in [1.29, 1.82) is 0 Å². The maximum atomic E-state index is 5.99. The van der Waals surface area contributed by atoms with E-state index in [1.54, 1.807) is 6.20 Å². The summed E-state index contributed by atoms with van der Waals surface area (Å²) >= 11 is 5.99. The Labute approximate surface area is 87.8 Å². The molecule has 0 aliphatic heterocycles. The molecule has 1 aromatic carbocycles. The Bertz CT molecular complexity index is 436. The molecule has 2 nitrogen and oxygen atoms in total. The van der Waals surface area contributed by atoms with Crippen LogP contribution in [0.1, 0.15) is 13.3 Å². The predicted octanol–water partition coefficient (Wildman–Crippen LogP) is 3.61. The maximum Gasteiger partial charge on any atom is 0.120 e. The van der Waals surface area contributed by atoms with Gasteiger partial charge in [0.2, 0.25) is 0 Å². The van der Waals surface area contributed by atoms with Gasteiger partial charge in [-0.3, -0.25) is 0 Å². The summed E-state index contributed by atoms with van der Waals surface area (Å²) in [5, 5.41) is 1.75. The molecule has 3 heteroatoms. The SMILES string of the molecule is CCCOc1ccc2[nH]cc(Cl)c2c1. The molecule has 0 unspecified atom stereocenters. The zero-order valence-electron chi connectivity index (χ0n) is 8.01. The normalized spacial score (nSPS) is 10.7. The van der Waals surface area contributed by atoms with Crippen LogP contribution in [-0.2, 0) is 0 Å². The molecule has 0 bridgehead atoms. The van der Waals surface area contributed by atoms with Crippen LogP contribution in [0.15, 0.2) is 24.4 Å². The summed E-state index contributed by atoms with van der Waals surface area (Å²) in [4.78, 5) is 3.08. The molecular formula is C11H12ClNO. The lowest BCUT2D eigenvalue weighted by molar-refractivity contribution is 0.318. The first-order valence-corrected chi connectivity index (χ1v) is 5.08. The van der Waals surface area contributed by atoms with E-state index in [1.165, 1.54) is 0 Å². The lowest BCUT2D eigenvalue weighted by atomic mass is 10.2. The lowest BCUT2D eigenvalue weighted by Gasteiger charge is -2.03. The lowest BCUT2D eigenvalue weighted by Crippen LogP contribution is -1.94. The highest BCUT2D eigenvalue weighted by atomic mass is 35.5. The number of fused-ring (bicyclic) bond motifs is 1. The molecule has 0 aliphatic carbocycles. The Morgan fingerprint density at radius 1 is 1.43 bits per heavy atom. The summed E-state index contributed by atoms with van der Waals surface area (Å²) in [5.74, 6) is 0.876.